The molecule has 0 spiro atoms. The Hall–Kier alpha value is -3.34. The lowest BCUT2D eigenvalue weighted by Gasteiger charge is -2.22. The lowest BCUT2D eigenvalue weighted by atomic mass is 9.87. The number of rotatable bonds is 4. The molecule has 0 saturated carbocycles. The third kappa shape index (κ3) is 2.84. The van der Waals surface area contributed by atoms with Gasteiger partial charge < -0.3 is 9.47 Å². The summed E-state index contributed by atoms with van der Waals surface area (Å²) in [4.78, 5) is 5.13. The number of benzene rings is 2. The maximum absolute atomic E-state index is 5.82. The fourth-order valence-electron chi connectivity index (χ4n) is 4.60. The van der Waals surface area contributed by atoms with Gasteiger partial charge in [0.25, 0.3) is 0 Å². The molecule has 0 bridgehead atoms. The van der Waals surface area contributed by atoms with Crippen LogP contribution in [0, 0.1) is 6.92 Å². The summed E-state index contributed by atoms with van der Waals surface area (Å²) in [7, 11) is 3.38. The van der Waals surface area contributed by atoms with Gasteiger partial charge in [0.1, 0.15) is 0 Å². The SMILES string of the molecule is COc1cccc(-c2c3c(nc4c2c(C)nn4-c2ccccc2)CCCC3)c1OC. The number of para-hydroxylation sites is 2. The van der Waals surface area contributed by atoms with Gasteiger partial charge in [0.05, 0.1) is 31.0 Å². The Balaban J connectivity index is 1.90. The first-order chi connectivity index (χ1) is 14.7. The monoisotopic (exact) mass is 399 g/mol. The van der Waals surface area contributed by atoms with Crippen molar-refractivity contribution in [3.05, 3.63) is 65.5 Å². The second-order valence-electron chi connectivity index (χ2n) is 7.69. The van der Waals surface area contributed by atoms with Crippen LogP contribution in [0.15, 0.2) is 48.5 Å². The average Bonchev–Trinajstić information content (AvgIpc) is 3.13. The number of hydrogen-bond acceptors (Lipinski definition) is 4. The molecule has 30 heavy (non-hydrogen) atoms. The first kappa shape index (κ1) is 18.7. The summed E-state index contributed by atoms with van der Waals surface area (Å²) in [5.41, 5.74) is 7.60. The first-order valence-electron chi connectivity index (χ1n) is 10.4. The van der Waals surface area contributed by atoms with Gasteiger partial charge in [-0.25, -0.2) is 9.67 Å². The predicted octanol–water partition coefficient (Wildman–Crippen LogP) is 5.29. The Morgan fingerprint density at radius 1 is 0.900 bits per heavy atom. The van der Waals surface area contributed by atoms with E-state index in [1.165, 1.54) is 29.7 Å². The lowest BCUT2D eigenvalue weighted by molar-refractivity contribution is 0.356. The Bertz CT molecular complexity index is 1230. The Morgan fingerprint density at radius 3 is 2.47 bits per heavy atom. The zero-order chi connectivity index (χ0) is 20.7. The summed E-state index contributed by atoms with van der Waals surface area (Å²) in [5.74, 6) is 1.49. The van der Waals surface area contributed by atoms with E-state index < -0.39 is 0 Å². The largest absolute Gasteiger partial charge is 0.493 e. The van der Waals surface area contributed by atoms with Crippen molar-refractivity contribution >= 4 is 11.0 Å². The molecule has 1 aliphatic rings. The topological polar surface area (TPSA) is 49.2 Å². The minimum Gasteiger partial charge on any atom is -0.493 e. The van der Waals surface area contributed by atoms with Crippen LogP contribution in [0.25, 0.3) is 27.8 Å². The van der Waals surface area contributed by atoms with E-state index in [1.807, 2.05) is 35.0 Å². The quantitative estimate of drug-likeness (QED) is 0.468. The van der Waals surface area contributed by atoms with E-state index in [0.717, 1.165) is 52.3 Å². The normalized spacial score (nSPS) is 13.3. The van der Waals surface area contributed by atoms with Crippen LogP contribution in [0.5, 0.6) is 11.5 Å². The molecule has 0 saturated heterocycles. The van der Waals surface area contributed by atoms with Crippen molar-refractivity contribution in [1.82, 2.24) is 14.8 Å². The number of aryl methyl sites for hydroxylation is 2. The van der Waals surface area contributed by atoms with Gasteiger partial charge in [-0.2, -0.15) is 5.10 Å². The molecule has 4 aromatic rings. The molecule has 2 heterocycles. The van der Waals surface area contributed by atoms with Gasteiger partial charge in [0.15, 0.2) is 17.1 Å². The zero-order valence-electron chi connectivity index (χ0n) is 17.6. The smallest absolute Gasteiger partial charge is 0.168 e. The van der Waals surface area contributed by atoms with Crippen molar-refractivity contribution < 1.29 is 9.47 Å². The van der Waals surface area contributed by atoms with E-state index in [1.54, 1.807) is 14.2 Å². The van der Waals surface area contributed by atoms with Gasteiger partial charge in [-0.3, -0.25) is 0 Å². The molecular weight excluding hydrogens is 374 g/mol. The zero-order valence-corrected chi connectivity index (χ0v) is 17.6. The minimum absolute atomic E-state index is 0.734. The number of pyridine rings is 1. The van der Waals surface area contributed by atoms with Crippen molar-refractivity contribution in [3.63, 3.8) is 0 Å². The third-order valence-corrected chi connectivity index (χ3v) is 5.94. The van der Waals surface area contributed by atoms with Gasteiger partial charge in [-0.05, 0) is 56.4 Å². The van der Waals surface area contributed by atoms with E-state index in [9.17, 15) is 0 Å². The summed E-state index contributed by atoms with van der Waals surface area (Å²) in [5, 5.41) is 5.99. The lowest BCUT2D eigenvalue weighted by Crippen LogP contribution is -2.09. The molecule has 0 radical (unpaired) electrons. The van der Waals surface area contributed by atoms with Crippen LogP contribution in [-0.4, -0.2) is 29.0 Å². The minimum atomic E-state index is 0.734. The molecule has 0 atom stereocenters. The Morgan fingerprint density at radius 2 is 1.70 bits per heavy atom. The number of aromatic nitrogens is 3. The van der Waals surface area contributed by atoms with Crippen molar-refractivity contribution in [1.29, 1.82) is 0 Å². The Labute approximate surface area is 176 Å². The number of hydrogen-bond donors (Lipinski definition) is 0. The molecule has 0 fully saturated rings. The summed E-state index contributed by atoms with van der Waals surface area (Å²) >= 11 is 0. The van der Waals surface area contributed by atoms with E-state index in [2.05, 4.69) is 25.1 Å². The molecule has 5 heteroatoms. The highest BCUT2D eigenvalue weighted by molar-refractivity contribution is 5.99. The molecule has 0 aliphatic heterocycles. The molecule has 0 N–H and O–H groups in total. The fraction of sp³-hybridized carbons (Fsp3) is 0.280. The summed E-state index contributed by atoms with van der Waals surface area (Å²) in [6.07, 6.45) is 4.34. The van der Waals surface area contributed by atoms with Gasteiger partial charge in [0.2, 0.25) is 0 Å². The maximum Gasteiger partial charge on any atom is 0.168 e. The molecule has 5 rings (SSSR count). The van der Waals surface area contributed by atoms with Gasteiger partial charge >= 0.3 is 0 Å². The van der Waals surface area contributed by atoms with E-state index in [0.29, 0.717) is 0 Å². The summed E-state index contributed by atoms with van der Waals surface area (Å²) in [6.45, 7) is 2.06. The van der Waals surface area contributed by atoms with E-state index in [-0.39, 0.29) is 0 Å². The van der Waals surface area contributed by atoms with Crippen LogP contribution < -0.4 is 9.47 Å². The van der Waals surface area contributed by atoms with Crippen molar-refractivity contribution in [3.8, 4) is 28.3 Å². The molecule has 0 unspecified atom stereocenters. The molecule has 1 aliphatic carbocycles. The first-order valence-corrected chi connectivity index (χ1v) is 10.4. The number of methoxy groups -OCH3 is 2. The van der Waals surface area contributed by atoms with Crippen LogP contribution in [0.2, 0.25) is 0 Å². The number of ether oxygens (including phenoxy) is 2. The fourth-order valence-corrected chi connectivity index (χ4v) is 4.60. The van der Waals surface area contributed by atoms with Crippen molar-refractivity contribution in [2.45, 2.75) is 32.6 Å². The molecule has 2 aromatic carbocycles. The predicted molar refractivity (Wildman–Crippen MR) is 119 cm³/mol. The molecule has 5 nitrogen and oxygen atoms in total. The molecule has 0 amide bonds. The second kappa shape index (κ2) is 7.48. The van der Waals surface area contributed by atoms with Crippen LogP contribution in [-0.2, 0) is 12.8 Å². The van der Waals surface area contributed by atoms with Crippen molar-refractivity contribution in [2.24, 2.45) is 0 Å². The second-order valence-corrected chi connectivity index (χ2v) is 7.69. The molecular formula is C25H25N3O2. The standard InChI is InChI=1S/C25H25N3O2/c1-16-22-23(19-13-9-15-21(29-2)24(19)30-3)18-12-7-8-14-20(18)26-25(22)28(27-16)17-10-5-4-6-11-17/h4-6,9-11,13,15H,7-8,12,14H2,1-3H3. The van der Waals surface area contributed by atoms with Gasteiger partial charge in [-0.15, -0.1) is 0 Å². The van der Waals surface area contributed by atoms with Gasteiger partial charge in [0, 0.05) is 16.8 Å². The highest BCUT2D eigenvalue weighted by Gasteiger charge is 2.26. The highest BCUT2D eigenvalue weighted by Crippen LogP contribution is 2.45. The highest BCUT2D eigenvalue weighted by atomic mass is 16.5. The van der Waals surface area contributed by atoms with Gasteiger partial charge in [-0.1, -0.05) is 30.3 Å². The molecule has 2 aromatic heterocycles. The van der Waals surface area contributed by atoms with Crippen LogP contribution in [0.3, 0.4) is 0 Å². The average molecular weight is 399 g/mol. The van der Waals surface area contributed by atoms with Crippen molar-refractivity contribution in [2.75, 3.05) is 14.2 Å². The van der Waals surface area contributed by atoms with E-state index in [4.69, 9.17) is 19.6 Å². The Kier molecular flexibility index (Phi) is 4.66. The van der Waals surface area contributed by atoms with Crippen LogP contribution in [0.4, 0.5) is 0 Å². The van der Waals surface area contributed by atoms with Crippen LogP contribution >= 0.6 is 0 Å². The maximum atomic E-state index is 5.82. The van der Waals surface area contributed by atoms with Crippen LogP contribution in [0.1, 0.15) is 29.8 Å². The molecule has 152 valence electrons. The number of fused-ring (bicyclic) bond motifs is 2. The summed E-state index contributed by atoms with van der Waals surface area (Å²) in [6, 6.07) is 16.3. The van der Waals surface area contributed by atoms with E-state index >= 15 is 0 Å². The number of nitrogens with zero attached hydrogens (tertiary/aromatic N) is 3. The third-order valence-electron chi connectivity index (χ3n) is 5.94. The summed E-state index contributed by atoms with van der Waals surface area (Å²) < 4.78 is 13.4.